The molecule has 3 N–H and O–H groups in total. The van der Waals surface area contributed by atoms with Crippen molar-refractivity contribution in [1.29, 1.82) is 0 Å². The number of piperidine rings is 1. The Balaban J connectivity index is 1.84. The summed E-state index contributed by atoms with van der Waals surface area (Å²) in [6.07, 6.45) is 2.30. The van der Waals surface area contributed by atoms with Crippen molar-refractivity contribution in [2.24, 2.45) is 5.73 Å². The number of primary amides is 1. The Labute approximate surface area is 170 Å². The fraction of sp³-hybridized carbons (Fsp3) is 0.476. The first kappa shape index (κ1) is 20.7. The minimum Gasteiger partial charge on any atom is -0.497 e. The van der Waals surface area contributed by atoms with Gasteiger partial charge < -0.3 is 25.4 Å². The number of nitrogens with one attached hydrogen (secondary N) is 1. The van der Waals surface area contributed by atoms with Crippen molar-refractivity contribution in [2.45, 2.75) is 51.3 Å². The van der Waals surface area contributed by atoms with Crippen LogP contribution in [0.15, 0.2) is 30.5 Å². The van der Waals surface area contributed by atoms with E-state index in [9.17, 15) is 9.59 Å². The SMILES string of the molecule is COc1ccc2nccc(N3CCC(NC(=O)OC(C)(C)C)CC3C(N)=O)c2c1. The van der Waals surface area contributed by atoms with Gasteiger partial charge in [-0.05, 0) is 57.9 Å². The average Bonchev–Trinajstić information content (AvgIpc) is 2.65. The molecule has 0 radical (unpaired) electrons. The molecule has 2 aromatic rings. The molecule has 3 rings (SSSR count). The van der Waals surface area contributed by atoms with Gasteiger partial charge in [-0.2, -0.15) is 0 Å². The van der Waals surface area contributed by atoms with E-state index in [1.54, 1.807) is 13.3 Å². The summed E-state index contributed by atoms with van der Waals surface area (Å²) in [6.45, 7) is 5.99. The van der Waals surface area contributed by atoms with Crippen molar-refractivity contribution < 1.29 is 19.1 Å². The first-order valence-electron chi connectivity index (χ1n) is 9.66. The highest BCUT2D eigenvalue weighted by atomic mass is 16.6. The number of hydrogen-bond donors (Lipinski definition) is 2. The molecule has 29 heavy (non-hydrogen) atoms. The lowest BCUT2D eigenvalue weighted by molar-refractivity contribution is -0.119. The predicted octanol–water partition coefficient (Wildman–Crippen LogP) is 2.59. The molecule has 156 valence electrons. The van der Waals surface area contributed by atoms with E-state index in [0.29, 0.717) is 25.1 Å². The quantitative estimate of drug-likeness (QED) is 0.817. The molecule has 1 aromatic carbocycles. The number of carbonyl (C=O) groups is 2. The Morgan fingerprint density at radius 1 is 1.28 bits per heavy atom. The zero-order valence-corrected chi connectivity index (χ0v) is 17.3. The van der Waals surface area contributed by atoms with Gasteiger partial charge in [-0.3, -0.25) is 9.78 Å². The van der Waals surface area contributed by atoms with E-state index >= 15 is 0 Å². The number of nitrogens with two attached hydrogens (primary N) is 1. The van der Waals surface area contributed by atoms with Gasteiger partial charge in [0.1, 0.15) is 17.4 Å². The van der Waals surface area contributed by atoms with Crippen molar-refractivity contribution in [3.05, 3.63) is 30.5 Å². The molecule has 1 aliphatic heterocycles. The number of benzene rings is 1. The summed E-state index contributed by atoms with van der Waals surface area (Å²) in [4.78, 5) is 30.8. The van der Waals surface area contributed by atoms with Gasteiger partial charge in [-0.1, -0.05) is 0 Å². The van der Waals surface area contributed by atoms with Crippen molar-refractivity contribution in [1.82, 2.24) is 10.3 Å². The zero-order chi connectivity index (χ0) is 21.2. The summed E-state index contributed by atoms with van der Waals surface area (Å²) in [5.41, 5.74) is 6.82. The number of hydrogen-bond acceptors (Lipinski definition) is 6. The van der Waals surface area contributed by atoms with Crippen molar-refractivity contribution in [3.8, 4) is 5.75 Å². The van der Waals surface area contributed by atoms with Crippen LogP contribution in [0.25, 0.3) is 10.9 Å². The van der Waals surface area contributed by atoms with Gasteiger partial charge in [0.05, 0.1) is 12.6 Å². The largest absolute Gasteiger partial charge is 0.497 e. The van der Waals surface area contributed by atoms with Gasteiger partial charge in [0.25, 0.3) is 0 Å². The second-order valence-corrected chi connectivity index (χ2v) is 8.19. The number of aromatic nitrogens is 1. The van der Waals surface area contributed by atoms with Gasteiger partial charge in [0, 0.05) is 29.9 Å². The molecular weight excluding hydrogens is 372 g/mol. The Bertz CT molecular complexity index is 909. The molecule has 0 bridgehead atoms. The van der Waals surface area contributed by atoms with Crippen LogP contribution in [-0.4, -0.2) is 48.3 Å². The van der Waals surface area contributed by atoms with Crippen LogP contribution in [0, 0.1) is 0 Å². The molecule has 1 aliphatic rings. The predicted molar refractivity (Wildman–Crippen MR) is 111 cm³/mol. The van der Waals surface area contributed by atoms with E-state index in [-0.39, 0.29) is 6.04 Å². The van der Waals surface area contributed by atoms with Crippen LogP contribution in [-0.2, 0) is 9.53 Å². The molecule has 1 aromatic heterocycles. The minimum absolute atomic E-state index is 0.193. The Morgan fingerprint density at radius 2 is 2.03 bits per heavy atom. The fourth-order valence-corrected chi connectivity index (χ4v) is 3.62. The second kappa shape index (κ2) is 8.14. The maximum atomic E-state index is 12.3. The zero-order valence-electron chi connectivity index (χ0n) is 17.3. The number of rotatable bonds is 4. The fourth-order valence-electron chi connectivity index (χ4n) is 3.62. The first-order chi connectivity index (χ1) is 13.7. The second-order valence-electron chi connectivity index (χ2n) is 8.19. The molecule has 8 nitrogen and oxygen atoms in total. The van der Waals surface area contributed by atoms with Gasteiger partial charge in [-0.15, -0.1) is 0 Å². The van der Waals surface area contributed by atoms with Gasteiger partial charge in [0.15, 0.2) is 0 Å². The third-order valence-corrected chi connectivity index (χ3v) is 4.89. The molecule has 2 atom stereocenters. The summed E-state index contributed by atoms with van der Waals surface area (Å²) < 4.78 is 10.7. The van der Waals surface area contributed by atoms with E-state index in [4.69, 9.17) is 15.2 Å². The van der Waals surface area contributed by atoms with Crippen LogP contribution in [0.1, 0.15) is 33.6 Å². The van der Waals surface area contributed by atoms with E-state index in [0.717, 1.165) is 16.6 Å². The standard InChI is InChI=1S/C21H28N4O4/c1-21(2,3)29-20(27)24-13-8-10-25(18(11-13)19(22)26)17-7-9-23-16-6-5-14(28-4)12-15(16)17/h5-7,9,12-13,18H,8,10-11H2,1-4H3,(H2,22,26)(H,24,27). The van der Waals surface area contributed by atoms with E-state index in [2.05, 4.69) is 10.3 Å². The highest BCUT2D eigenvalue weighted by molar-refractivity contribution is 5.95. The van der Waals surface area contributed by atoms with E-state index in [1.165, 1.54) is 0 Å². The van der Waals surface area contributed by atoms with Gasteiger partial charge in [-0.25, -0.2) is 4.79 Å². The minimum atomic E-state index is -0.580. The van der Waals surface area contributed by atoms with Gasteiger partial charge >= 0.3 is 6.09 Å². The van der Waals surface area contributed by atoms with Crippen LogP contribution in [0.2, 0.25) is 0 Å². The third-order valence-electron chi connectivity index (χ3n) is 4.89. The monoisotopic (exact) mass is 400 g/mol. The molecule has 1 saturated heterocycles. The highest BCUT2D eigenvalue weighted by Crippen LogP contribution is 2.33. The number of alkyl carbamates (subject to hydrolysis) is 1. The molecular formula is C21H28N4O4. The number of carbonyl (C=O) groups excluding carboxylic acids is 2. The Kier molecular flexibility index (Phi) is 5.81. The summed E-state index contributed by atoms with van der Waals surface area (Å²) in [5.74, 6) is 0.275. The molecule has 1 fully saturated rings. The lowest BCUT2D eigenvalue weighted by atomic mass is 9.95. The lowest BCUT2D eigenvalue weighted by Gasteiger charge is -2.40. The van der Waals surface area contributed by atoms with Crippen LogP contribution < -0.4 is 20.7 Å². The number of ether oxygens (including phenoxy) is 2. The number of methoxy groups -OCH3 is 1. The lowest BCUT2D eigenvalue weighted by Crippen LogP contribution is -2.55. The third kappa shape index (κ3) is 4.88. The molecule has 0 saturated carbocycles. The molecule has 0 aliphatic carbocycles. The number of amides is 2. The number of anilines is 1. The Hall–Kier alpha value is -3.03. The number of fused-ring (bicyclic) bond motifs is 1. The maximum absolute atomic E-state index is 12.3. The van der Waals surface area contributed by atoms with Crippen LogP contribution >= 0.6 is 0 Å². The van der Waals surface area contributed by atoms with Crippen LogP contribution in [0.3, 0.4) is 0 Å². The van der Waals surface area contributed by atoms with Crippen LogP contribution in [0.5, 0.6) is 5.75 Å². The van der Waals surface area contributed by atoms with Crippen molar-refractivity contribution in [3.63, 3.8) is 0 Å². The topological polar surface area (TPSA) is 107 Å². The number of nitrogens with zero attached hydrogens (tertiary/aromatic N) is 2. The van der Waals surface area contributed by atoms with E-state index < -0.39 is 23.6 Å². The summed E-state index contributed by atoms with van der Waals surface area (Å²) >= 11 is 0. The maximum Gasteiger partial charge on any atom is 0.407 e. The summed E-state index contributed by atoms with van der Waals surface area (Å²) in [5, 5.41) is 3.75. The van der Waals surface area contributed by atoms with Gasteiger partial charge in [0.2, 0.25) is 5.91 Å². The molecule has 2 heterocycles. The normalized spacial score (nSPS) is 19.7. The van der Waals surface area contributed by atoms with E-state index in [1.807, 2.05) is 49.9 Å². The summed E-state index contributed by atoms with van der Waals surface area (Å²) in [7, 11) is 1.61. The molecule has 8 heteroatoms. The van der Waals surface area contributed by atoms with Crippen molar-refractivity contribution >= 4 is 28.6 Å². The van der Waals surface area contributed by atoms with Crippen LogP contribution in [0.4, 0.5) is 10.5 Å². The highest BCUT2D eigenvalue weighted by Gasteiger charge is 2.34. The molecule has 2 unspecified atom stereocenters. The van der Waals surface area contributed by atoms with Crippen molar-refractivity contribution in [2.75, 3.05) is 18.6 Å². The first-order valence-corrected chi connectivity index (χ1v) is 9.66. The number of pyridine rings is 1. The smallest absolute Gasteiger partial charge is 0.407 e. The summed E-state index contributed by atoms with van der Waals surface area (Å²) in [6, 6.07) is 6.76. The molecule has 2 amide bonds. The Morgan fingerprint density at radius 3 is 2.69 bits per heavy atom. The average molecular weight is 400 g/mol. The molecule has 0 spiro atoms.